The summed E-state index contributed by atoms with van der Waals surface area (Å²) in [5.74, 6) is 0.235. The largest absolute Gasteiger partial charge is 0.497 e. The Morgan fingerprint density at radius 1 is 1.06 bits per heavy atom. The van der Waals surface area contributed by atoms with Gasteiger partial charge in [0, 0.05) is 24.9 Å². The molecule has 1 atom stereocenters. The Bertz CT molecular complexity index is 935. The third-order valence-electron chi connectivity index (χ3n) is 6.68. The zero-order chi connectivity index (χ0) is 21.8. The summed E-state index contributed by atoms with van der Waals surface area (Å²) < 4.78 is 10.5. The second-order valence-electron chi connectivity index (χ2n) is 8.35. The number of methoxy groups -OCH3 is 2. The number of hydrogen-bond acceptors (Lipinski definition) is 4. The highest BCUT2D eigenvalue weighted by Gasteiger charge is 2.54. The number of carbonyl (C=O) groups excluding carboxylic acids is 2. The first-order chi connectivity index (χ1) is 15.1. The van der Waals surface area contributed by atoms with E-state index in [0.29, 0.717) is 18.7 Å². The lowest BCUT2D eigenvalue weighted by molar-refractivity contribution is -0.122. The molecular formula is C25H30N2O4. The summed E-state index contributed by atoms with van der Waals surface area (Å²) in [6.07, 6.45) is 4.77. The van der Waals surface area contributed by atoms with Gasteiger partial charge in [-0.25, -0.2) is 0 Å². The number of amides is 2. The maximum absolute atomic E-state index is 13.8. The highest BCUT2D eigenvalue weighted by molar-refractivity contribution is 6.05. The van der Waals surface area contributed by atoms with Crippen LogP contribution >= 0.6 is 0 Å². The van der Waals surface area contributed by atoms with Crippen molar-refractivity contribution in [3.63, 3.8) is 0 Å². The Kier molecular flexibility index (Phi) is 6.28. The SMILES string of the molecule is COCCN1C(=O)c2ccccc2C(C(=O)Nc2ccc(OC)cc2)C12CCCCC2. The quantitative estimate of drug-likeness (QED) is 0.757. The van der Waals surface area contributed by atoms with Crippen molar-refractivity contribution in [2.75, 3.05) is 32.7 Å². The lowest BCUT2D eigenvalue weighted by Gasteiger charge is -2.53. The van der Waals surface area contributed by atoms with Gasteiger partial charge in [0.05, 0.1) is 25.2 Å². The second kappa shape index (κ2) is 9.10. The Balaban J connectivity index is 1.76. The predicted molar refractivity (Wildman–Crippen MR) is 120 cm³/mol. The molecule has 1 heterocycles. The van der Waals surface area contributed by atoms with Gasteiger partial charge in [0.2, 0.25) is 5.91 Å². The Hall–Kier alpha value is -2.86. The zero-order valence-corrected chi connectivity index (χ0v) is 18.2. The van der Waals surface area contributed by atoms with Gasteiger partial charge in [0.15, 0.2) is 0 Å². The van der Waals surface area contributed by atoms with Crippen LogP contribution in [-0.2, 0) is 9.53 Å². The molecule has 1 spiro atoms. The topological polar surface area (TPSA) is 67.9 Å². The molecule has 2 amide bonds. The van der Waals surface area contributed by atoms with Gasteiger partial charge in [-0.1, -0.05) is 37.5 Å². The molecule has 1 aliphatic heterocycles. The molecular weight excluding hydrogens is 392 g/mol. The van der Waals surface area contributed by atoms with E-state index in [1.54, 1.807) is 14.2 Å². The Morgan fingerprint density at radius 3 is 2.45 bits per heavy atom. The van der Waals surface area contributed by atoms with Crippen molar-refractivity contribution < 1.29 is 19.1 Å². The van der Waals surface area contributed by atoms with Crippen molar-refractivity contribution in [2.45, 2.75) is 43.6 Å². The fourth-order valence-corrected chi connectivity index (χ4v) is 5.24. The van der Waals surface area contributed by atoms with Crippen LogP contribution in [0.15, 0.2) is 48.5 Å². The van der Waals surface area contributed by atoms with Crippen LogP contribution in [0, 0.1) is 0 Å². The molecule has 1 saturated carbocycles. The van der Waals surface area contributed by atoms with Crippen LogP contribution in [0.25, 0.3) is 0 Å². The highest BCUT2D eigenvalue weighted by atomic mass is 16.5. The third-order valence-corrected chi connectivity index (χ3v) is 6.68. The number of benzene rings is 2. The molecule has 31 heavy (non-hydrogen) atoms. The summed E-state index contributed by atoms with van der Waals surface area (Å²) in [5, 5.41) is 3.10. The van der Waals surface area contributed by atoms with Crippen LogP contribution in [0.5, 0.6) is 5.75 Å². The number of fused-ring (bicyclic) bond motifs is 1. The van der Waals surface area contributed by atoms with Crippen LogP contribution in [-0.4, -0.2) is 49.6 Å². The second-order valence-corrected chi connectivity index (χ2v) is 8.35. The van der Waals surface area contributed by atoms with Crippen LogP contribution in [0.4, 0.5) is 5.69 Å². The van der Waals surface area contributed by atoms with Gasteiger partial charge in [-0.05, 0) is 48.7 Å². The van der Waals surface area contributed by atoms with Gasteiger partial charge in [-0.3, -0.25) is 9.59 Å². The molecule has 0 saturated heterocycles. The Morgan fingerprint density at radius 2 is 1.77 bits per heavy atom. The van der Waals surface area contributed by atoms with Gasteiger partial charge < -0.3 is 19.7 Å². The number of hydrogen-bond donors (Lipinski definition) is 1. The predicted octanol–water partition coefficient (Wildman–Crippen LogP) is 4.22. The van der Waals surface area contributed by atoms with Crippen molar-refractivity contribution >= 4 is 17.5 Å². The zero-order valence-electron chi connectivity index (χ0n) is 18.2. The molecule has 0 aromatic heterocycles. The number of rotatable bonds is 6. The van der Waals surface area contributed by atoms with Gasteiger partial charge >= 0.3 is 0 Å². The molecule has 1 N–H and O–H groups in total. The van der Waals surface area contributed by atoms with E-state index >= 15 is 0 Å². The van der Waals surface area contributed by atoms with E-state index in [4.69, 9.17) is 9.47 Å². The molecule has 164 valence electrons. The Labute approximate surface area is 183 Å². The molecule has 6 nitrogen and oxygen atoms in total. The monoisotopic (exact) mass is 422 g/mol. The van der Waals surface area contributed by atoms with Gasteiger partial charge in [0.25, 0.3) is 5.91 Å². The summed E-state index contributed by atoms with van der Waals surface area (Å²) in [6.45, 7) is 0.929. The van der Waals surface area contributed by atoms with Crippen molar-refractivity contribution in [3.05, 3.63) is 59.7 Å². The smallest absolute Gasteiger partial charge is 0.254 e. The molecule has 0 bridgehead atoms. The molecule has 6 heteroatoms. The summed E-state index contributed by atoms with van der Waals surface area (Å²) >= 11 is 0. The number of anilines is 1. The average molecular weight is 423 g/mol. The van der Waals surface area contributed by atoms with E-state index in [1.165, 1.54) is 0 Å². The molecule has 0 radical (unpaired) electrons. The molecule has 2 aromatic rings. The maximum atomic E-state index is 13.8. The van der Waals surface area contributed by atoms with Gasteiger partial charge in [0.1, 0.15) is 5.75 Å². The lowest BCUT2D eigenvalue weighted by atomic mass is 9.65. The number of nitrogens with zero attached hydrogens (tertiary/aromatic N) is 1. The third kappa shape index (κ3) is 3.92. The van der Waals surface area contributed by atoms with Crippen molar-refractivity contribution in [1.82, 2.24) is 4.90 Å². The lowest BCUT2D eigenvalue weighted by Crippen LogP contribution is -2.62. The first-order valence-electron chi connectivity index (χ1n) is 11.0. The van der Waals surface area contributed by atoms with Crippen molar-refractivity contribution in [3.8, 4) is 5.75 Å². The van der Waals surface area contributed by atoms with E-state index in [-0.39, 0.29) is 11.8 Å². The summed E-state index contributed by atoms with van der Waals surface area (Å²) in [5.41, 5.74) is 1.63. The van der Waals surface area contributed by atoms with Crippen molar-refractivity contribution in [2.24, 2.45) is 0 Å². The normalized spacial score (nSPS) is 19.7. The summed E-state index contributed by atoms with van der Waals surface area (Å²) in [4.78, 5) is 29.2. The molecule has 4 rings (SSSR count). The maximum Gasteiger partial charge on any atom is 0.254 e. The van der Waals surface area contributed by atoms with E-state index in [1.807, 2.05) is 53.4 Å². The van der Waals surface area contributed by atoms with E-state index < -0.39 is 11.5 Å². The molecule has 1 unspecified atom stereocenters. The van der Waals surface area contributed by atoms with E-state index in [0.717, 1.165) is 49.1 Å². The van der Waals surface area contributed by atoms with Crippen molar-refractivity contribution in [1.29, 1.82) is 0 Å². The number of carbonyl (C=O) groups is 2. The van der Waals surface area contributed by atoms with Gasteiger partial charge in [-0.2, -0.15) is 0 Å². The molecule has 2 aliphatic rings. The van der Waals surface area contributed by atoms with Crippen LogP contribution < -0.4 is 10.1 Å². The summed E-state index contributed by atoms with van der Waals surface area (Å²) in [7, 11) is 3.26. The van der Waals surface area contributed by atoms with Crippen LogP contribution in [0.3, 0.4) is 0 Å². The highest BCUT2D eigenvalue weighted by Crippen LogP contribution is 2.49. The van der Waals surface area contributed by atoms with E-state index in [9.17, 15) is 9.59 Å². The van der Waals surface area contributed by atoms with E-state index in [2.05, 4.69) is 5.32 Å². The minimum atomic E-state index is -0.529. The fraction of sp³-hybridized carbons (Fsp3) is 0.440. The first kappa shape index (κ1) is 21.4. The molecule has 1 fully saturated rings. The minimum Gasteiger partial charge on any atom is -0.497 e. The number of nitrogens with one attached hydrogen (secondary N) is 1. The molecule has 1 aliphatic carbocycles. The minimum absolute atomic E-state index is 0.00282. The first-order valence-corrected chi connectivity index (χ1v) is 11.0. The standard InChI is InChI=1S/C25H30N2O4/c1-30-17-16-27-24(29)21-9-5-4-8-20(21)22(25(27)14-6-3-7-15-25)23(28)26-18-10-12-19(31-2)13-11-18/h4-5,8-13,22H,3,6-7,14-17H2,1-2H3,(H,26,28). The average Bonchev–Trinajstić information content (AvgIpc) is 2.80. The molecule has 2 aromatic carbocycles. The fourth-order valence-electron chi connectivity index (χ4n) is 5.24. The van der Waals surface area contributed by atoms with Crippen LogP contribution in [0.1, 0.15) is 53.9 Å². The summed E-state index contributed by atoms with van der Waals surface area (Å²) in [6, 6.07) is 14.9. The number of ether oxygens (including phenoxy) is 2. The van der Waals surface area contributed by atoms with Gasteiger partial charge in [-0.15, -0.1) is 0 Å². The van der Waals surface area contributed by atoms with Crippen LogP contribution in [0.2, 0.25) is 0 Å².